The van der Waals surface area contributed by atoms with Crippen LogP contribution >= 0.6 is 0 Å². The first-order chi connectivity index (χ1) is 15.9. The molecular formula is C26H27N5O2. The Hall–Kier alpha value is -3.74. The standard InChI is InChI=1S/C26H27N5O2/c1-17-7-6-12-31-23(17)28-24-21(26(31)33)16-20(22(27)29(24)2)25(32)30-13-10-19(11-14-30)15-18-8-4-3-5-9-18/h3-9,12,16,19,27H,10-11,13-15H2,1-2H3. The van der Waals surface area contributed by atoms with E-state index in [-0.39, 0.29) is 22.5 Å². The van der Waals surface area contributed by atoms with Gasteiger partial charge in [0.1, 0.15) is 16.8 Å². The molecule has 5 rings (SSSR count). The van der Waals surface area contributed by atoms with Crippen molar-refractivity contribution in [3.63, 3.8) is 0 Å². The van der Waals surface area contributed by atoms with E-state index in [1.807, 2.05) is 30.0 Å². The predicted octanol–water partition coefficient (Wildman–Crippen LogP) is 3.07. The number of nitrogens with one attached hydrogen (secondary N) is 1. The second kappa shape index (κ2) is 8.31. The molecule has 0 saturated carbocycles. The highest BCUT2D eigenvalue weighted by Gasteiger charge is 2.26. The molecule has 1 amide bonds. The summed E-state index contributed by atoms with van der Waals surface area (Å²) in [5, 5.41) is 8.96. The van der Waals surface area contributed by atoms with Crippen LogP contribution in [0, 0.1) is 18.3 Å². The third kappa shape index (κ3) is 3.73. The van der Waals surface area contributed by atoms with Crippen LogP contribution in [0.15, 0.2) is 59.5 Å². The monoisotopic (exact) mass is 441 g/mol. The summed E-state index contributed by atoms with van der Waals surface area (Å²) < 4.78 is 3.04. The lowest BCUT2D eigenvalue weighted by atomic mass is 9.90. The van der Waals surface area contributed by atoms with Crippen molar-refractivity contribution < 1.29 is 4.79 Å². The molecule has 7 heteroatoms. The lowest BCUT2D eigenvalue weighted by molar-refractivity contribution is 0.0688. The fourth-order valence-corrected chi connectivity index (χ4v) is 4.80. The molecule has 4 aromatic rings. The van der Waals surface area contributed by atoms with Crippen molar-refractivity contribution in [1.82, 2.24) is 18.9 Å². The van der Waals surface area contributed by atoms with Gasteiger partial charge < -0.3 is 9.47 Å². The van der Waals surface area contributed by atoms with Crippen LogP contribution in [0.25, 0.3) is 16.7 Å². The molecular weight excluding hydrogens is 414 g/mol. The van der Waals surface area contributed by atoms with E-state index < -0.39 is 0 Å². The van der Waals surface area contributed by atoms with E-state index in [1.54, 1.807) is 23.9 Å². The largest absolute Gasteiger partial charge is 0.339 e. The summed E-state index contributed by atoms with van der Waals surface area (Å²) in [7, 11) is 1.69. The molecule has 1 aromatic carbocycles. The van der Waals surface area contributed by atoms with Gasteiger partial charge in [0.2, 0.25) is 0 Å². The molecule has 3 aromatic heterocycles. The molecule has 4 heterocycles. The molecule has 168 valence electrons. The minimum atomic E-state index is -0.232. The number of pyridine rings is 2. The van der Waals surface area contributed by atoms with Crippen LogP contribution in [0.2, 0.25) is 0 Å². The highest BCUT2D eigenvalue weighted by Crippen LogP contribution is 2.23. The van der Waals surface area contributed by atoms with Gasteiger partial charge in [-0.1, -0.05) is 36.4 Å². The van der Waals surface area contributed by atoms with E-state index in [9.17, 15) is 9.59 Å². The molecule has 0 radical (unpaired) electrons. The van der Waals surface area contributed by atoms with Gasteiger partial charge in [-0.25, -0.2) is 4.98 Å². The van der Waals surface area contributed by atoms with E-state index in [0.29, 0.717) is 35.7 Å². The van der Waals surface area contributed by atoms with Crippen LogP contribution in [-0.2, 0) is 13.5 Å². The molecule has 7 nitrogen and oxygen atoms in total. The maximum absolute atomic E-state index is 13.4. The molecule has 0 bridgehead atoms. The summed E-state index contributed by atoms with van der Waals surface area (Å²) in [6.45, 7) is 3.21. The van der Waals surface area contributed by atoms with Crippen molar-refractivity contribution >= 4 is 22.6 Å². The predicted molar refractivity (Wildman–Crippen MR) is 127 cm³/mol. The first kappa shape index (κ1) is 21.1. The number of carbonyl (C=O) groups excluding carboxylic acids is 1. The van der Waals surface area contributed by atoms with Crippen molar-refractivity contribution in [2.45, 2.75) is 26.2 Å². The first-order valence-electron chi connectivity index (χ1n) is 11.3. The van der Waals surface area contributed by atoms with Gasteiger partial charge in [-0.2, -0.15) is 0 Å². The number of rotatable bonds is 3. The smallest absolute Gasteiger partial charge is 0.267 e. The second-order valence-corrected chi connectivity index (χ2v) is 8.93. The minimum Gasteiger partial charge on any atom is -0.339 e. The molecule has 0 aliphatic carbocycles. The number of piperidine rings is 1. The molecule has 1 fully saturated rings. The zero-order valence-corrected chi connectivity index (χ0v) is 18.9. The molecule has 1 N–H and O–H groups in total. The number of aromatic nitrogens is 3. The highest BCUT2D eigenvalue weighted by atomic mass is 16.2. The maximum Gasteiger partial charge on any atom is 0.267 e. The Bertz CT molecular complexity index is 1480. The minimum absolute atomic E-state index is 0.0729. The number of hydrogen-bond donors (Lipinski definition) is 1. The SMILES string of the molecule is Cc1cccn2c(=O)c3cc(C(=O)N4CCC(Cc5ccccc5)CC4)c(=N)n(C)c3nc12. The lowest BCUT2D eigenvalue weighted by Crippen LogP contribution is -2.42. The van der Waals surface area contributed by atoms with Crippen LogP contribution < -0.4 is 11.0 Å². The van der Waals surface area contributed by atoms with E-state index in [0.717, 1.165) is 24.8 Å². The molecule has 1 saturated heterocycles. The number of benzene rings is 1. The van der Waals surface area contributed by atoms with Gasteiger partial charge >= 0.3 is 0 Å². The fraction of sp³-hybridized carbons (Fsp3) is 0.308. The summed E-state index contributed by atoms with van der Waals surface area (Å²) in [6, 6.07) is 15.7. The summed E-state index contributed by atoms with van der Waals surface area (Å²) in [5.74, 6) is 0.354. The van der Waals surface area contributed by atoms with Gasteiger partial charge in [-0.3, -0.25) is 19.4 Å². The zero-order chi connectivity index (χ0) is 23.1. The van der Waals surface area contributed by atoms with Crippen molar-refractivity contribution in [3.8, 4) is 0 Å². The van der Waals surface area contributed by atoms with Crippen LogP contribution in [0.1, 0.15) is 34.3 Å². The van der Waals surface area contributed by atoms with Crippen LogP contribution in [0.5, 0.6) is 0 Å². The van der Waals surface area contributed by atoms with E-state index >= 15 is 0 Å². The number of aryl methyl sites for hydroxylation is 2. The third-order valence-corrected chi connectivity index (χ3v) is 6.76. The fourth-order valence-electron chi connectivity index (χ4n) is 4.80. The van der Waals surface area contributed by atoms with Gasteiger partial charge in [-0.15, -0.1) is 0 Å². The summed E-state index contributed by atoms with van der Waals surface area (Å²) in [5.41, 5.74) is 3.27. The number of fused-ring (bicyclic) bond motifs is 2. The summed E-state index contributed by atoms with van der Waals surface area (Å²) in [6.07, 6.45) is 4.57. The first-order valence-corrected chi connectivity index (χ1v) is 11.3. The van der Waals surface area contributed by atoms with Gasteiger partial charge in [0.05, 0.1) is 10.9 Å². The Labute approximate surface area is 191 Å². The number of likely N-dealkylation sites (tertiary alicyclic amines) is 1. The van der Waals surface area contributed by atoms with Crippen LogP contribution in [-0.4, -0.2) is 37.8 Å². The molecule has 0 spiro atoms. The van der Waals surface area contributed by atoms with Gasteiger partial charge in [0.25, 0.3) is 11.5 Å². The van der Waals surface area contributed by atoms with Gasteiger partial charge in [0.15, 0.2) is 0 Å². The zero-order valence-electron chi connectivity index (χ0n) is 18.9. The molecule has 1 aliphatic heterocycles. The van der Waals surface area contributed by atoms with Crippen molar-refractivity contribution in [1.29, 1.82) is 5.41 Å². The summed E-state index contributed by atoms with van der Waals surface area (Å²) in [4.78, 5) is 33.0. The Balaban J connectivity index is 1.45. The molecule has 0 unspecified atom stereocenters. The summed E-state index contributed by atoms with van der Waals surface area (Å²) >= 11 is 0. The Kier molecular flexibility index (Phi) is 5.32. The van der Waals surface area contributed by atoms with E-state index in [2.05, 4.69) is 29.2 Å². The average molecular weight is 442 g/mol. The molecule has 33 heavy (non-hydrogen) atoms. The lowest BCUT2D eigenvalue weighted by Gasteiger charge is -2.32. The maximum atomic E-state index is 13.4. The number of hydrogen-bond acceptors (Lipinski definition) is 4. The van der Waals surface area contributed by atoms with Gasteiger partial charge in [-0.05, 0) is 55.4 Å². The Morgan fingerprint density at radius 3 is 2.55 bits per heavy atom. The Morgan fingerprint density at radius 1 is 1.09 bits per heavy atom. The van der Waals surface area contributed by atoms with Crippen molar-refractivity contribution in [2.75, 3.05) is 13.1 Å². The van der Waals surface area contributed by atoms with Gasteiger partial charge in [0, 0.05) is 26.3 Å². The average Bonchev–Trinajstić information content (AvgIpc) is 2.83. The van der Waals surface area contributed by atoms with E-state index in [1.165, 1.54) is 9.96 Å². The normalized spacial score (nSPS) is 14.8. The second-order valence-electron chi connectivity index (χ2n) is 8.93. The molecule has 1 aliphatic rings. The number of amides is 1. The third-order valence-electron chi connectivity index (χ3n) is 6.76. The van der Waals surface area contributed by atoms with Crippen LogP contribution in [0.4, 0.5) is 0 Å². The van der Waals surface area contributed by atoms with E-state index in [4.69, 9.17) is 5.41 Å². The molecule has 0 atom stereocenters. The number of carbonyl (C=O) groups is 1. The Morgan fingerprint density at radius 2 is 1.82 bits per heavy atom. The topological polar surface area (TPSA) is 83.5 Å². The highest BCUT2D eigenvalue weighted by molar-refractivity contribution is 5.97. The van der Waals surface area contributed by atoms with Crippen LogP contribution in [0.3, 0.4) is 0 Å². The quantitative estimate of drug-likeness (QED) is 0.496. The van der Waals surface area contributed by atoms with Crippen molar-refractivity contribution in [2.24, 2.45) is 13.0 Å². The number of nitrogens with zero attached hydrogens (tertiary/aromatic N) is 4. The van der Waals surface area contributed by atoms with Crippen molar-refractivity contribution in [3.05, 3.63) is 87.3 Å².